The van der Waals surface area contributed by atoms with Crippen LogP contribution in [-0.2, 0) is 0 Å². The molecule has 22 heavy (non-hydrogen) atoms. The summed E-state index contributed by atoms with van der Waals surface area (Å²) in [5.41, 5.74) is 11.7. The van der Waals surface area contributed by atoms with Crippen LogP contribution in [0.2, 0.25) is 0 Å². The second-order valence-electron chi connectivity index (χ2n) is 5.25. The van der Waals surface area contributed by atoms with E-state index in [9.17, 15) is 0 Å². The van der Waals surface area contributed by atoms with Gasteiger partial charge in [0.15, 0.2) is 0 Å². The first-order valence-electron chi connectivity index (χ1n) is 7.29. The molecule has 0 aliphatic rings. The molecule has 1 heterocycles. The zero-order valence-corrected chi connectivity index (χ0v) is 12.5. The highest BCUT2D eigenvalue weighted by Crippen LogP contribution is 2.28. The largest absolute Gasteiger partial charge is 0.384 e. The van der Waals surface area contributed by atoms with E-state index in [1.165, 1.54) is 22.3 Å². The van der Waals surface area contributed by atoms with Crippen molar-refractivity contribution in [1.82, 2.24) is 4.98 Å². The Morgan fingerprint density at radius 1 is 0.955 bits per heavy atom. The molecule has 108 valence electrons. The van der Waals surface area contributed by atoms with E-state index in [-0.39, 0.29) is 0 Å². The van der Waals surface area contributed by atoms with E-state index in [1.807, 2.05) is 18.2 Å². The van der Waals surface area contributed by atoms with Crippen molar-refractivity contribution in [2.75, 3.05) is 5.73 Å². The number of rotatable bonds is 3. The smallest absolute Gasteiger partial charge is 0.123 e. The van der Waals surface area contributed by atoms with Crippen LogP contribution in [0.3, 0.4) is 0 Å². The predicted octanol–water partition coefficient (Wildman–Crippen LogP) is 4.56. The summed E-state index contributed by atoms with van der Waals surface area (Å²) in [7, 11) is 0. The molecule has 0 amide bonds. The van der Waals surface area contributed by atoms with Gasteiger partial charge in [-0.3, -0.25) is 0 Å². The summed E-state index contributed by atoms with van der Waals surface area (Å²) in [5.74, 6) is 0.533. The normalized spacial score (nSPS) is 11.4. The molecule has 0 radical (unpaired) electrons. The number of hydrogen-bond acceptors (Lipinski definition) is 2. The Kier molecular flexibility index (Phi) is 4.01. The Morgan fingerprint density at radius 2 is 1.68 bits per heavy atom. The Bertz CT molecular complexity index is 805. The van der Waals surface area contributed by atoms with Gasteiger partial charge in [-0.1, -0.05) is 54.6 Å². The minimum Gasteiger partial charge on any atom is -0.384 e. The minimum absolute atomic E-state index is 0.533. The summed E-state index contributed by atoms with van der Waals surface area (Å²) in [5, 5.41) is 0. The number of anilines is 1. The second-order valence-corrected chi connectivity index (χ2v) is 5.25. The van der Waals surface area contributed by atoms with Gasteiger partial charge in [0.25, 0.3) is 0 Å². The summed E-state index contributed by atoms with van der Waals surface area (Å²) >= 11 is 0. The lowest BCUT2D eigenvalue weighted by atomic mass is 9.93. The average molecular weight is 286 g/mol. The van der Waals surface area contributed by atoms with Crippen LogP contribution in [0, 0.1) is 6.92 Å². The van der Waals surface area contributed by atoms with Gasteiger partial charge < -0.3 is 5.73 Å². The summed E-state index contributed by atoms with van der Waals surface area (Å²) in [6.07, 6.45) is 3.90. The topological polar surface area (TPSA) is 38.9 Å². The van der Waals surface area contributed by atoms with Crippen LogP contribution in [0.1, 0.15) is 22.3 Å². The molecule has 2 heteroatoms. The number of nitrogen functional groups attached to an aromatic ring is 1. The van der Waals surface area contributed by atoms with Gasteiger partial charge >= 0.3 is 0 Å². The molecule has 3 aromatic rings. The van der Waals surface area contributed by atoms with E-state index in [4.69, 9.17) is 5.73 Å². The van der Waals surface area contributed by atoms with Crippen molar-refractivity contribution in [1.29, 1.82) is 0 Å². The first kappa shape index (κ1) is 14.1. The standard InChI is InChI=1S/C20H18N2/c1-15-7-5-6-10-18(15)19(17-8-3-2-4-9-17)13-16-11-12-22-20(21)14-16/h2-14H,1H3,(H2,21,22)/b19-13+. The molecule has 0 spiro atoms. The number of hydrogen-bond donors (Lipinski definition) is 1. The van der Waals surface area contributed by atoms with Crippen molar-refractivity contribution in [3.05, 3.63) is 95.2 Å². The van der Waals surface area contributed by atoms with Gasteiger partial charge in [-0.05, 0) is 53.0 Å². The zero-order valence-electron chi connectivity index (χ0n) is 12.5. The van der Waals surface area contributed by atoms with Gasteiger partial charge in [0.1, 0.15) is 5.82 Å². The number of pyridine rings is 1. The monoisotopic (exact) mass is 286 g/mol. The first-order chi connectivity index (χ1) is 10.7. The maximum absolute atomic E-state index is 5.80. The molecule has 0 aliphatic heterocycles. The van der Waals surface area contributed by atoms with Crippen LogP contribution in [0.15, 0.2) is 72.9 Å². The highest BCUT2D eigenvalue weighted by atomic mass is 14.8. The van der Waals surface area contributed by atoms with Crippen LogP contribution in [0.5, 0.6) is 0 Å². The fourth-order valence-electron chi connectivity index (χ4n) is 2.53. The molecule has 2 aromatic carbocycles. The van der Waals surface area contributed by atoms with Crippen LogP contribution in [0.4, 0.5) is 5.82 Å². The first-order valence-corrected chi connectivity index (χ1v) is 7.29. The molecular formula is C20H18N2. The number of benzene rings is 2. The van der Waals surface area contributed by atoms with Crippen molar-refractivity contribution in [3.8, 4) is 0 Å². The number of nitrogens with two attached hydrogens (primary N) is 1. The third kappa shape index (κ3) is 3.07. The van der Waals surface area contributed by atoms with E-state index in [1.54, 1.807) is 6.20 Å². The maximum Gasteiger partial charge on any atom is 0.123 e. The molecule has 2 N–H and O–H groups in total. The van der Waals surface area contributed by atoms with Crippen molar-refractivity contribution >= 4 is 17.5 Å². The van der Waals surface area contributed by atoms with E-state index >= 15 is 0 Å². The van der Waals surface area contributed by atoms with Crippen molar-refractivity contribution in [2.45, 2.75) is 6.92 Å². The van der Waals surface area contributed by atoms with Crippen molar-refractivity contribution < 1.29 is 0 Å². The van der Waals surface area contributed by atoms with Crippen LogP contribution in [-0.4, -0.2) is 4.98 Å². The van der Waals surface area contributed by atoms with E-state index < -0.39 is 0 Å². The molecule has 0 bridgehead atoms. The number of aromatic nitrogens is 1. The summed E-state index contributed by atoms with van der Waals surface area (Å²) in [4.78, 5) is 4.06. The number of nitrogens with zero attached hydrogens (tertiary/aromatic N) is 1. The summed E-state index contributed by atoms with van der Waals surface area (Å²) in [6, 6.07) is 22.7. The zero-order chi connectivity index (χ0) is 15.4. The Morgan fingerprint density at radius 3 is 2.41 bits per heavy atom. The molecule has 3 rings (SSSR count). The molecule has 0 atom stereocenters. The molecule has 0 aliphatic carbocycles. The lowest BCUT2D eigenvalue weighted by molar-refractivity contribution is 1.33. The van der Waals surface area contributed by atoms with Crippen LogP contribution in [0.25, 0.3) is 11.6 Å². The second kappa shape index (κ2) is 6.27. The molecule has 2 nitrogen and oxygen atoms in total. The van der Waals surface area contributed by atoms with E-state index in [0.717, 1.165) is 5.56 Å². The molecule has 0 saturated heterocycles. The lowest BCUT2D eigenvalue weighted by Gasteiger charge is -2.12. The van der Waals surface area contributed by atoms with Crippen LogP contribution >= 0.6 is 0 Å². The number of aryl methyl sites for hydroxylation is 1. The third-order valence-electron chi connectivity index (χ3n) is 3.64. The van der Waals surface area contributed by atoms with Gasteiger partial charge in [0.05, 0.1) is 0 Å². The Labute approximate surface area is 131 Å². The van der Waals surface area contributed by atoms with Gasteiger partial charge in [0, 0.05) is 6.20 Å². The van der Waals surface area contributed by atoms with E-state index in [0.29, 0.717) is 5.82 Å². The summed E-state index contributed by atoms with van der Waals surface area (Å²) < 4.78 is 0. The average Bonchev–Trinajstić information content (AvgIpc) is 2.54. The van der Waals surface area contributed by atoms with Crippen LogP contribution < -0.4 is 5.73 Å². The predicted molar refractivity (Wildman–Crippen MR) is 93.2 cm³/mol. The van der Waals surface area contributed by atoms with Gasteiger partial charge in [-0.15, -0.1) is 0 Å². The molecule has 0 unspecified atom stereocenters. The van der Waals surface area contributed by atoms with E-state index in [2.05, 4.69) is 66.5 Å². The highest BCUT2D eigenvalue weighted by molar-refractivity contribution is 5.92. The lowest BCUT2D eigenvalue weighted by Crippen LogP contribution is -1.93. The van der Waals surface area contributed by atoms with Gasteiger partial charge in [-0.25, -0.2) is 4.98 Å². The molecule has 0 fully saturated rings. The molecule has 1 aromatic heterocycles. The molecule has 0 saturated carbocycles. The quantitative estimate of drug-likeness (QED) is 0.766. The third-order valence-corrected chi connectivity index (χ3v) is 3.64. The van der Waals surface area contributed by atoms with Crippen molar-refractivity contribution in [3.63, 3.8) is 0 Å². The fourth-order valence-corrected chi connectivity index (χ4v) is 2.53. The molecular weight excluding hydrogens is 268 g/mol. The Balaban J connectivity index is 2.18. The minimum atomic E-state index is 0.533. The maximum atomic E-state index is 5.80. The SMILES string of the molecule is Cc1ccccc1/C(=C/c1ccnc(N)c1)c1ccccc1. The van der Waals surface area contributed by atoms with Gasteiger partial charge in [0.2, 0.25) is 0 Å². The fraction of sp³-hybridized carbons (Fsp3) is 0.0500. The summed E-state index contributed by atoms with van der Waals surface area (Å²) in [6.45, 7) is 2.13. The van der Waals surface area contributed by atoms with Gasteiger partial charge in [-0.2, -0.15) is 0 Å². The highest BCUT2D eigenvalue weighted by Gasteiger charge is 2.07. The Hall–Kier alpha value is -2.87. The van der Waals surface area contributed by atoms with Crippen molar-refractivity contribution in [2.24, 2.45) is 0 Å².